The molecule has 0 spiro atoms. The molecule has 0 fully saturated rings. The lowest BCUT2D eigenvalue weighted by Crippen LogP contribution is -1.98. The third kappa shape index (κ3) is 4.00. The van der Waals surface area contributed by atoms with Crippen LogP contribution in [0.5, 0.6) is 17.2 Å². The van der Waals surface area contributed by atoms with E-state index in [2.05, 4.69) is 0 Å². The number of nitro groups is 1. The number of nitro benzene ring substituents is 1. The fourth-order valence-electron chi connectivity index (χ4n) is 3.02. The molecule has 3 aromatic carbocycles. The topological polar surface area (TPSA) is 87.9 Å². The van der Waals surface area contributed by atoms with E-state index in [4.69, 9.17) is 14.2 Å². The molecule has 1 aliphatic rings. The minimum atomic E-state index is -0.486. The van der Waals surface area contributed by atoms with Crippen LogP contribution in [0, 0.1) is 10.1 Å². The number of rotatable bonds is 6. The molecular weight excluding hydrogens is 386 g/mol. The Labute approximate surface area is 172 Å². The molecular formula is C23H17NO6. The molecule has 0 amide bonds. The summed E-state index contributed by atoms with van der Waals surface area (Å²) in [6.07, 6.45) is 1.49. The van der Waals surface area contributed by atoms with Gasteiger partial charge in [0.15, 0.2) is 5.76 Å². The van der Waals surface area contributed by atoms with Crippen LogP contribution < -0.4 is 14.2 Å². The second-order valence-electron chi connectivity index (χ2n) is 6.59. The minimum Gasteiger partial charge on any atom is -0.497 e. The van der Waals surface area contributed by atoms with E-state index >= 15 is 0 Å². The Morgan fingerprint density at radius 1 is 1.03 bits per heavy atom. The highest BCUT2D eigenvalue weighted by atomic mass is 16.6. The second kappa shape index (κ2) is 8.08. The molecule has 0 bridgehead atoms. The summed E-state index contributed by atoms with van der Waals surface area (Å²) in [4.78, 5) is 23.0. The normalized spacial score (nSPS) is 13.6. The summed E-state index contributed by atoms with van der Waals surface area (Å²) >= 11 is 0. The van der Waals surface area contributed by atoms with Gasteiger partial charge >= 0.3 is 0 Å². The van der Waals surface area contributed by atoms with Crippen molar-refractivity contribution in [2.75, 3.05) is 7.11 Å². The number of Topliss-reactive ketones (excluding diaryl/α,β-unsaturated/α-hetero) is 1. The number of allylic oxidation sites excluding steroid dienone is 1. The molecule has 0 radical (unpaired) electrons. The zero-order valence-corrected chi connectivity index (χ0v) is 16.0. The lowest BCUT2D eigenvalue weighted by molar-refractivity contribution is -0.384. The summed E-state index contributed by atoms with van der Waals surface area (Å²) in [7, 11) is 1.61. The lowest BCUT2D eigenvalue weighted by atomic mass is 10.1. The van der Waals surface area contributed by atoms with Crippen molar-refractivity contribution in [2.45, 2.75) is 6.61 Å². The number of methoxy groups -OCH3 is 1. The molecule has 1 heterocycles. The van der Waals surface area contributed by atoms with Crippen LogP contribution in [-0.2, 0) is 6.61 Å². The third-order valence-electron chi connectivity index (χ3n) is 4.58. The van der Waals surface area contributed by atoms with Crippen LogP contribution in [0.4, 0.5) is 5.69 Å². The van der Waals surface area contributed by atoms with Gasteiger partial charge in [-0.3, -0.25) is 14.9 Å². The molecule has 0 saturated carbocycles. The molecule has 0 aliphatic carbocycles. The number of benzene rings is 3. The molecule has 0 atom stereocenters. The average molecular weight is 403 g/mol. The molecule has 30 heavy (non-hydrogen) atoms. The Kier molecular flexibility index (Phi) is 5.17. The number of hydrogen-bond donors (Lipinski definition) is 0. The second-order valence-corrected chi connectivity index (χ2v) is 6.59. The monoisotopic (exact) mass is 403 g/mol. The van der Waals surface area contributed by atoms with E-state index in [9.17, 15) is 14.9 Å². The number of ketones is 1. The molecule has 0 N–H and O–H groups in total. The smallest absolute Gasteiger partial charge is 0.270 e. The van der Waals surface area contributed by atoms with Crippen LogP contribution in [0.3, 0.4) is 0 Å². The van der Waals surface area contributed by atoms with Gasteiger partial charge in [0.05, 0.1) is 17.6 Å². The number of nitrogens with zero attached hydrogens (tertiary/aromatic N) is 1. The number of carbonyl (C=O) groups is 1. The number of hydrogen-bond acceptors (Lipinski definition) is 6. The quantitative estimate of drug-likeness (QED) is 0.334. The summed E-state index contributed by atoms with van der Waals surface area (Å²) in [5, 5.41) is 10.9. The predicted molar refractivity (Wildman–Crippen MR) is 110 cm³/mol. The van der Waals surface area contributed by atoms with E-state index in [1.807, 2.05) is 24.3 Å². The van der Waals surface area contributed by atoms with E-state index in [-0.39, 0.29) is 17.2 Å². The fraction of sp³-hybridized carbons (Fsp3) is 0.0870. The molecule has 1 aliphatic heterocycles. The Bertz CT molecular complexity index is 1150. The van der Waals surface area contributed by atoms with Gasteiger partial charge in [0.25, 0.3) is 5.69 Å². The summed E-state index contributed by atoms with van der Waals surface area (Å²) in [5.74, 6) is 1.56. The van der Waals surface area contributed by atoms with Gasteiger partial charge in [0.2, 0.25) is 5.78 Å². The molecule has 7 heteroatoms. The van der Waals surface area contributed by atoms with Crippen molar-refractivity contribution in [3.05, 3.63) is 99.3 Å². The molecule has 0 aromatic heterocycles. The first-order chi connectivity index (χ1) is 14.5. The molecule has 4 rings (SSSR count). The van der Waals surface area contributed by atoms with Gasteiger partial charge in [0.1, 0.15) is 23.9 Å². The number of carbonyl (C=O) groups excluding carboxylic acids is 1. The van der Waals surface area contributed by atoms with Gasteiger partial charge in [-0.05, 0) is 41.5 Å². The molecule has 3 aromatic rings. The average Bonchev–Trinajstić information content (AvgIpc) is 3.07. The van der Waals surface area contributed by atoms with Crippen molar-refractivity contribution >= 4 is 17.5 Å². The van der Waals surface area contributed by atoms with Gasteiger partial charge < -0.3 is 14.2 Å². The Balaban J connectivity index is 1.49. The molecule has 7 nitrogen and oxygen atoms in total. The van der Waals surface area contributed by atoms with Crippen LogP contribution in [-0.4, -0.2) is 17.8 Å². The minimum absolute atomic E-state index is 0.0541. The van der Waals surface area contributed by atoms with Crippen molar-refractivity contribution < 1.29 is 23.9 Å². The maximum atomic E-state index is 12.6. The van der Waals surface area contributed by atoms with Gasteiger partial charge in [0, 0.05) is 18.2 Å². The van der Waals surface area contributed by atoms with Crippen LogP contribution in [0.15, 0.2) is 72.5 Å². The third-order valence-corrected chi connectivity index (χ3v) is 4.58. The van der Waals surface area contributed by atoms with E-state index in [0.29, 0.717) is 29.2 Å². The highest BCUT2D eigenvalue weighted by Crippen LogP contribution is 2.35. The van der Waals surface area contributed by atoms with Crippen molar-refractivity contribution in [1.82, 2.24) is 0 Å². The summed E-state index contributed by atoms with van der Waals surface area (Å²) in [6, 6.07) is 18.5. The maximum Gasteiger partial charge on any atom is 0.270 e. The van der Waals surface area contributed by atoms with Crippen molar-refractivity contribution in [3.63, 3.8) is 0 Å². The Hall–Kier alpha value is -4.13. The summed E-state index contributed by atoms with van der Waals surface area (Å²) < 4.78 is 16.6. The van der Waals surface area contributed by atoms with E-state index < -0.39 is 4.92 Å². The Morgan fingerprint density at radius 2 is 1.80 bits per heavy atom. The first-order valence-corrected chi connectivity index (χ1v) is 9.12. The van der Waals surface area contributed by atoms with E-state index in [0.717, 1.165) is 11.3 Å². The van der Waals surface area contributed by atoms with E-state index in [1.54, 1.807) is 37.4 Å². The van der Waals surface area contributed by atoms with Gasteiger partial charge in [-0.2, -0.15) is 0 Å². The van der Waals surface area contributed by atoms with Crippen molar-refractivity contribution in [3.8, 4) is 17.2 Å². The summed E-state index contributed by atoms with van der Waals surface area (Å²) in [6.45, 7) is 0.354. The van der Waals surface area contributed by atoms with Crippen LogP contribution in [0.2, 0.25) is 0 Å². The van der Waals surface area contributed by atoms with Crippen LogP contribution >= 0.6 is 0 Å². The van der Waals surface area contributed by atoms with Crippen molar-refractivity contribution in [2.24, 2.45) is 0 Å². The SMILES string of the molecule is COc1ccc(COc2ccc3c(c2)OC(=Cc2cccc([N+](=O)[O-])c2)C3=O)cc1. The summed E-state index contributed by atoms with van der Waals surface area (Å²) in [5.41, 5.74) is 1.85. The maximum absolute atomic E-state index is 12.6. The van der Waals surface area contributed by atoms with E-state index in [1.165, 1.54) is 18.2 Å². The molecule has 0 unspecified atom stereocenters. The van der Waals surface area contributed by atoms with Gasteiger partial charge in [-0.1, -0.05) is 24.3 Å². The molecule has 0 saturated heterocycles. The zero-order chi connectivity index (χ0) is 21.1. The van der Waals surface area contributed by atoms with Crippen molar-refractivity contribution in [1.29, 1.82) is 0 Å². The first kappa shape index (κ1) is 19.2. The molecule has 150 valence electrons. The van der Waals surface area contributed by atoms with Gasteiger partial charge in [-0.15, -0.1) is 0 Å². The van der Waals surface area contributed by atoms with Crippen LogP contribution in [0.1, 0.15) is 21.5 Å². The zero-order valence-electron chi connectivity index (χ0n) is 16.0. The van der Waals surface area contributed by atoms with Crippen LogP contribution in [0.25, 0.3) is 6.08 Å². The standard InChI is InChI=1S/C23H17NO6/c1-28-18-7-5-15(6-8-18)14-29-19-9-10-20-21(13-19)30-22(23(20)25)12-16-3-2-4-17(11-16)24(26)27/h2-13H,14H2,1H3. The number of ether oxygens (including phenoxy) is 3. The lowest BCUT2D eigenvalue weighted by Gasteiger charge is -2.08. The fourth-order valence-corrected chi connectivity index (χ4v) is 3.02. The number of fused-ring (bicyclic) bond motifs is 1. The predicted octanol–water partition coefficient (Wildman–Crippen LogP) is 4.80. The largest absolute Gasteiger partial charge is 0.497 e. The Morgan fingerprint density at radius 3 is 2.53 bits per heavy atom. The first-order valence-electron chi connectivity index (χ1n) is 9.12. The number of non-ortho nitro benzene ring substituents is 1. The highest BCUT2D eigenvalue weighted by Gasteiger charge is 2.27. The van der Waals surface area contributed by atoms with Gasteiger partial charge in [-0.25, -0.2) is 0 Å². The highest BCUT2D eigenvalue weighted by molar-refractivity contribution is 6.14.